The summed E-state index contributed by atoms with van der Waals surface area (Å²) in [4.78, 5) is 13.4. The largest absolute Gasteiger partial charge is 0.355 e. The third-order valence-electron chi connectivity index (χ3n) is 3.25. The second kappa shape index (κ2) is 6.34. The number of aromatic nitrogens is 2. The Morgan fingerprint density at radius 1 is 1.22 bits per heavy atom. The first-order valence-electron chi connectivity index (χ1n) is 6.67. The molecular formula is C13H21ClN4. The predicted molar refractivity (Wildman–Crippen MR) is 75.3 cm³/mol. The normalized spacial score (nSPS) is 17.8. The maximum Gasteiger partial charge on any atom is 0.134 e. The van der Waals surface area contributed by atoms with Crippen LogP contribution in [0.2, 0.25) is 5.15 Å². The molecule has 4 nitrogen and oxygen atoms in total. The lowest BCUT2D eigenvalue weighted by molar-refractivity contribution is 0.294. The smallest absolute Gasteiger partial charge is 0.134 e. The van der Waals surface area contributed by atoms with Crippen LogP contribution in [0.15, 0.2) is 6.07 Å². The van der Waals surface area contributed by atoms with E-state index in [0.29, 0.717) is 5.15 Å². The van der Waals surface area contributed by atoms with Gasteiger partial charge in [0, 0.05) is 25.7 Å². The number of hydrogen-bond donors (Lipinski definition) is 0. The molecule has 0 spiro atoms. The maximum atomic E-state index is 6.00. The molecule has 2 rings (SSSR count). The van der Waals surface area contributed by atoms with E-state index in [9.17, 15) is 0 Å². The summed E-state index contributed by atoms with van der Waals surface area (Å²) in [5.74, 6) is 1.71. The molecule has 1 aromatic heterocycles. The summed E-state index contributed by atoms with van der Waals surface area (Å²) in [7, 11) is 0. The highest BCUT2D eigenvalue weighted by Gasteiger charge is 2.16. The molecule has 100 valence electrons. The zero-order chi connectivity index (χ0) is 13.0. The molecule has 0 atom stereocenters. The molecule has 0 N–H and O–H groups in total. The second-order valence-corrected chi connectivity index (χ2v) is 5.17. The minimum Gasteiger partial charge on any atom is -0.355 e. The quantitative estimate of drug-likeness (QED) is 0.788. The molecule has 0 bridgehead atoms. The summed E-state index contributed by atoms with van der Waals surface area (Å²) >= 11 is 6.00. The lowest BCUT2D eigenvalue weighted by Crippen LogP contribution is -2.31. The van der Waals surface area contributed by atoms with Gasteiger partial charge in [-0.25, -0.2) is 9.97 Å². The summed E-state index contributed by atoms with van der Waals surface area (Å²) in [6, 6.07) is 1.87. The molecule has 0 aromatic carbocycles. The van der Waals surface area contributed by atoms with Gasteiger partial charge in [0.1, 0.15) is 16.8 Å². The van der Waals surface area contributed by atoms with E-state index in [1.807, 2.05) is 13.0 Å². The minimum atomic E-state index is 0.534. The molecule has 1 aliphatic rings. The van der Waals surface area contributed by atoms with Crippen molar-refractivity contribution in [2.45, 2.75) is 26.7 Å². The van der Waals surface area contributed by atoms with Crippen molar-refractivity contribution in [3.05, 3.63) is 17.0 Å². The third kappa shape index (κ3) is 3.56. The van der Waals surface area contributed by atoms with Gasteiger partial charge in [0.15, 0.2) is 0 Å². The maximum absolute atomic E-state index is 6.00. The molecule has 0 radical (unpaired) electrons. The zero-order valence-electron chi connectivity index (χ0n) is 11.2. The molecule has 1 aliphatic heterocycles. The zero-order valence-corrected chi connectivity index (χ0v) is 11.9. The Hall–Kier alpha value is -0.870. The van der Waals surface area contributed by atoms with Crippen molar-refractivity contribution >= 4 is 17.4 Å². The van der Waals surface area contributed by atoms with E-state index in [1.54, 1.807) is 0 Å². The first-order valence-corrected chi connectivity index (χ1v) is 7.05. The Morgan fingerprint density at radius 3 is 2.78 bits per heavy atom. The number of aryl methyl sites for hydroxylation is 1. The topological polar surface area (TPSA) is 32.3 Å². The Labute approximate surface area is 114 Å². The van der Waals surface area contributed by atoms with Gasteiger partial charge >= 0.3 is 0 Å². The van der Waals surface area contributed by atoms with E-state index in [0.717, 1.165) is 31.3 Å². The van der Waals surface area contributed by atoms with Crippen LogP contribution in [-0.4, -0.2) is 47.6 Å². The molecule has 18 heavy (non-hydrogen) atoms. The van der Waals surface area contributed by atoms with Crippen molar-refractivity contribution in [3.8, 4) is 0 Å². The van der Waals surface area contributed by atoms with Crippen molar-refractivity contribution in [1.29, 1.82) is 0 Å². The van der Waals surface area contributed by atoms with Crippen LogP contribution in [0.1, 0.15) is 25.6 Å². The van der Waals surface area contributed by atoms with Gasteiger partial charge in [-0.1, -0.05) is 18.5 Å². The van der Waals surface area contributed by atoms with Gasteiger partial charge in [-0.2, -0.15) is 0 Å². The fourth-order valence-corrected chi connectivity index (χ4v) is 2.64. The van der Waals surface area contributed by atoms with Crippen LogP contribution in [-0.2, 0) is 0 Å². The molecule has 1 saturated heterocycles. The van der Waals surface area contributed by atoms with Crippen LogP contribution in [0.4, 0.5) is 5.82 Å². The summed E-state index contributed by atoms with van der Waals surface area (Å²) in [6.45, 7) is 9.67. The van der Waals surface area contributed by atoms with Crippen molar-refractivity contribution in [3.63, 3.8) is 0 Å². The standard InChI is InChI=1S/C13H21ClN4/c1-3-5-17-6-4-7-18(9-8-17)13-10-12(14)15-11(2)16-13/h10H,3-9H2,1-2H3. The van der Waals surface area contributed by atoms with Crippen molar-refractivity contribution < 1.29 is 0 Å². The van der Waals surface area contributed by atoms with Crippen LogP contribution in [0.25, 0.3) is 0 Å². The molecule has 0 saturated carbocycles. The first-order chi connectivity index (χ1) is 8.69. The molecular weight excluding hydrogens is 248 g/mol. The van der Waals surface area contributed by atoms with E-state index < -0.39 is 0 Å². The van der Waals surface area contributed by atoms with Gasteiger partial charge in [-0.15, -0.1) is 0 Å². The average molecular weight is 269 g/mol. The summed E-state index contributed by atoms with van der Waals surface area (Å²) in [6.07, 6.45) is 2.40. The van der Waals surface area contributed by atoms with Crippen LogP contribution in [0.5, 0.6) is 0 Å². The molecule has 1 fully saturated rings. The fraction of sp³-hybridized carbons (Fsp3) is 0.692. The predicted octanol–water partition coefficient (Wildman–Crippen LogP) is 2.36. The van der Waals surface area contributed by atoms with Crippen molar-refractivity contribution in [2.75, 3.05) is 37.6 Å². The van der Waals surface area contributed by atoms with Gasteiger partial charge in [-0.3, -0.25) is 0 Å². The van der Waals surface area contributed by atoms with E-state index in [1.165, 1.54) is 25.9 Å². The number of nitrogens with zero attached hydrogens (tertiary/aromatic N) is 4. The van der Waals surface area contributed by atoms with Gasteiger partial charge in [0.25, 0.3) is 0 Å². The van der Waals surface area contributed by atoms with Crippen LogP contribution < -0.4 is 4.90 Å². The van der Waals surface area contributed by atoms with Gasteiger partial charge in [0.05, 0.1) is 0 Å². The van der Waals surface area contributed by atoms with Crippen LogP contribution in [0, 0.1) is 6.92 Å². The van der Waals surface area contributed by atoms with Gasteiger partial charge in [-0.05, 0) is 32.9 Å². The lowest BCUT2D eigenvalue weighted by atomic mass is 10.3. The molecule has 1 aromatic rings. The second-order valence-electron chi connectivity index (χ2n) is 4.78. The monoisotopic (exact) mass is 268 g/mol. The SMILES string of the molecule is CCCN1CCCN(c2cc(Cl)nc(C)n2)CC1. The Balaban J connectivity index is 2.05. The Kier molecular flexibility index (Phi) is 4.78. The molecule has 0 aliphatic carbocycles. The van der Waals surface area contributed by atoms with Gasteiger partial charge < -0.3 is 9.80 Å². The molecule has 2 heterocycles. The fourth-order valence-electron chi connectivity index (χ4n) is 2.42. The number of rotatable bonds is 3. The molecule has 0 unspecified atom stereocenters. The van der Waals surface area contributed by atoms with Crippen molar-refractivity contribution in [1.82, 2.24) is 14.9 Å². The first kappa shape index (κ1) is 13.6. The van der Waals surface area contributed by atoms with Crippen molar-refractivity contribution in [2.24, 2.45) is 0 Å². The summed E-state index contributed by atoms with van der Waals surface area (Å²) in [5, 5.41) is 0.534. The molecule has 0 amide bonds. The minimum absolute atomic E-state index is 0.534. The summed E-state index contributed by atoms with van der Waals surface area (Å²) in [5.41, 5.74) is 0. The highest BCUT2D eigenvalue weighted by molar-refractivity contribution is 6.29. The lowest BCUT2D eigenvalue weighted by Gasteiger charge is -2.22. The van der Waals surface area contributed by atoms with E-state index in [2.05, 4.69) is 26.7 Å². The number of anilines is 1. The Morgan fingerprint density at radius 2 is 2.06 bits per heavy atom. The summed E-state index contributed by atoms with van der Waals surface area (Å²) < 4.78 is 0. The number of halogens is 1. The number of hydrogen-bond acceptors (Lipinski definition) is 4. The average Bonchev–Trinajstić information content (AvgIpc) is 2.54. The third-order valence-corrected chi connectivity index (χ3v) is 3.44. The Bertz CT molecular complexity index is 376. The van der Waals surface area contributed by atoms with Gasteiger partial charge in [0.2, 0.25) is 0 Å². The van der Waals surface area contributed by atoms with Crippen LogP contribution in [0.3, 0.4) is 0 Å². The van der Waals surface area contributed by atoms with E-state index in [4.69, 9.17) is 11.6 Å². The van der Waals surface area contributed by atoms with Crippen LogP contribution >= 0.6 is 11.6 Å². The molecule has 5 heteroatoms. The highest BCUT2D eigenvalue weighted by Crippen LogP contribution is 2.17. The van der Waals surface area contributed by atoms with E-state index >= 15 is 0 Å². The van der Waals surface area contributed by atoms with E-state index in [-0.39, 0.29) is 0 Å². The highest BCUT2D eigenvalue weighted by atomic mass is 35.5.